The van der Waals surface area contributed by atoms with Crippen LogP contribution in [0.2, 0.25) is 0 Å². The van der Waals surface area contributed by atoms with Gasteiger partial charge in [0, 0.05) is 5.92 Å². The molecular weight excluding hydrogens is 242 g/mol. The summed E-state index contributed by atoms with van der Waals surface area (Å²) in [6.45, 7) is 2.21. The summed E-state index contributed by atoms with van der Waals surface area (Å²) in [5.41, 5.74) is -0.440. The highest BCUT2D eigenvalue weighted by Gasteiger charge is 2.41. The van der Waals surface area contributed by atoms with Gasteiger partial charge in [0.1, 0.15) is 0 Å². The number of nitrogens with one attached hydrogen (secondary N) is 1. The molecule has 2 saturated carbocycles. The topological polar surface area (TPSA) is 66.4 Å². The molecule has 0 atom stereocenters. The maximum atomic E-state index is 12.3. The Balaban J connectivity index is 1.85. The van der Waals surface area contributed by atoms with E-state index >= 15 is 0 Å². The first kappa shape index (κ1) is 14.4. The first-order valence-electron chi connectivity index (χ1n) is 7.58. The molecule has 19 heavy (non-hydrogen) atoms. The zero-order valence-electron chi connectivity index (χ0n) is 11.8. The fourth-order valence-electron chi connectivity index (χ4n) is 3.44. The average Bonchev–Trinajstić information content (AvgIpc) is 2.35. The molecule has 2 aliphatic rings. The number of hydrogen-bond acceptors (Lipinski definition) is 2. The summed E-state index contributed by atoms with van der Waals surface area (Å²) in [4.78, 5) is 23.2. The van der Waals surface area contributed by atoms with Crippen LogP contribution in [0, 0.1) is 11.8 Å². The van der Waals surface area contributed by atoms with Gasteiger partial charge in [-0.15, -0.1) is 0 Å². The SMILES string of the molecule is CCC1CCC(C(=O)NC2(CC(=O)O)CCC2)CC1. The Kier molecular flexibility index (Phi) is 4.48. The molecule has 1 amide bonds. The molecule has 108 valence electrons. The smallest absolute Gasteiger partial charge is 0.305 e. The lowest BCUT2D eigenvalue weighted by atomic mass is 9.73. The van der Waals surface area contributed by atoms with E-state index in [0.717, 1.165) is 50.9 Å². The van der Waals surface area contributed by atoms with E-state index in [1.807, 2.05) is 0 Å². The molecular formula is C15H25NO3. The van der Waals surface area contributed by atoms with Crippen LogP contribution >= 0.6 is 0 Å². The van der Waals surface area contributed by atoms with Gasteiger partial charge < -0.3 is 10.4 Å². The Morgan fingerprint density at radius 2 is 1.84 bits per heavy atom. The summed E-state index contributed by atoms with van der Waals surface area (Å²) in [6, 6.07) is 0. The fourth-order valence-corrected chi connectivity index (χ4v) is 3.44. The molecule has 0 spiro atoms. The first-order chi connectivity index (χ1) is 9.04. The second kappa shape index (κ2) is 5.93. The standard InChI is InChI=1S/C15H25NO3/c1-2-11-4-6-12(7-5-11)14(19)16-15(8-3-9-15)10-13(17)18/h11-12H,2-10H2,1H3,(H,16,19)(H,17,18). The van der Waals surface area contributed by atoms with E-state index in [2.05, 4.69) is 12.2 Å². The quantitative estimate of drug-likeness (QED) is 0.805. The van der Waals surface area contributed by atoms with Crippen molar-refractivity contribution in [3.8, 4) is 0 Å². The molecule has 0 unspecified atom stereocenters. The number of carboxylic acid groups (broad SMARTS) is 1. The highest BCUT2D eigenvalue weighted by atomic mass is 16.4. The van der Waals surface area contributed by atoms with E-state index in [1.165, 1.54) is 6.42 Å². The van der Waals surface area contributed by atoms with Crippen molar-refractivity contribution < 1.29 is 14.7 Å². The van der Waals surface area contributed by atoms with Crippen molar-refractivity contribution in [1.29, 1.82) is 0 Å². The third-order valence-corrected chi connectivity index (χ3v) is 4.98. The van der Waals surface area contributed by atoms with Crippen LogP contribution in [0.4, 0.5) is 0 Å². The van der Waals surface area contributed by atoms with Crippen molar-refractivity contribution in [2.45, 2.75) is 70.3 Å². The van der Waals surface area contributed by atoms with Gasteiger partial charge in [0.25, 0.3) is 0 Å². The molecule has 4 nitrogen and oxygen atoms in total. The largest absolute Gasteiger partial charge is 0.481 e. The highest BCUT2D eigenvalue weighted by molar-refractivity contribution is 5.80. The minimum Gasteiger partial charge on any atom is -0.481 e. The summed E-state index contributed by atoms with van der Waals surface area (Å²) in [5.74, 6) is 0.167. The molecule has 0 aliphatic heterocycles. The fraction of sp³-hybridized carbons (Fsp3) is 0.867. The first-order valence-corrected chi connectivity index (χ1v) is 7.58. The van der Waals surface area contributed by atoms with Gasteiger partial charge in [0.15, 0.2) is 0 Å². The monoisotopic (exact) mass is 267 g/mol. The molecule has 0 aromatic heterocycles. The van der Waals surface area contributed by atoms with Crippen molar-refractivity contribution >= 4 is 11.9 Å². The summed E-state index contributed by atoms with van der Waals surface area (Å²) < 4.78 is 0. The molecule has 0 bridgehead atoms. The predicted octanol–water partition coefficient (Wildman–Crippen LogP) is 2.72. The average molecular weight is 267 g/mol. The second-order valence-electron chi connectivity index (χ2n) is 6.32. The van der Waals surface area contributed by atoms with Gasteiger partial charge in [-0.05, 0) is 50.9 Å². The summed E-state index contributed by atoms with van der Waals surface area (Å²) in [5, 5.41) is 12.0. The van der Waals surface area contributed by atoms with Crippen LogP contribution in [-0.4, -0.2) is 22.5 Å². The van der Waals surface area contributed by atoms with E-state index in [4.69, 9.17) is 5.11 Å². The van der Waals surface area contributed by atoms with Crippen LogP contribution in [0.15, 0.2) is 0 Å². The Labute approximate surface area is 115 Å². The van der Waals surface area contributed by atoms with Gasteiger partial charge >= 0.3 is 5.97 Å². The number of aliphatic carboxylic acids is 1. The van der Waals surface area contributed by atoms with Crippen molar-refractivity contribution in [3.05, 3.63) is 0 Å². The van der Waals surface area contributed by atoms with Gasteiger partial charge in [0.2, 0.25) is 5.91 Å². The highest BCUT2D eigenvalue weighted by Crippen LogP contribution is 2.37. The molecule has 0 heterocycles. The lowest BCUT2D eigenvalue weighted by molar-refractivity contribution is -0.141. The van der Waals surface area contributed by atoms with Gasteiger partial charge in [0.05, 0.1) is 12.0 Å². The van der Waals surface area contributed by atoms with Crippen LogP contribution in [0.1, 0.15) is 64.7 Å². The number of amides is 1. The maximum Gasteiger partial charge on any atom is 0.305 e. The molecule has 0 radical (unpaired) electrons. The molecule has 2 rings (SSSR count). The maximum absolute atomic E-state index is 12.3. The van der Waals surface area contributed by atoms with Gasteiger partial charge in [-0.2, -0.15) is 0 Å². The van der Waals surface area contributed by atoms with E-state index in [9.17, 15) is 9.59 Å². The van der Waals surface area contributed by atoms with Crippen molar-refractivity contribution in [1.82, 2.24) is 5.32 Å². The van der Waals surface area contributed by atoms with E-state index in [0.29, 0.717) is 0 Å². The Morgan fingerprint density at radius 3 is 2.26 bits per heavy atom. The van der Waals surface area contributed by atoms with E-state index in [-0.39, 0.29) is 18.2 Å². The number of carbonyl (C=O) groups excluding carboxylic acids is 1. The van der Waals surface area contributed by atoms with E-state index in [1.54, 1.807) is 0 Å². The van der Waals surface area contributed by atoms with Crippen LogP contribution < -0.4 is 5.32 Å². The Bertz CT molecular complexity index is 341. The Morgan fingerprint density at radius 1 is 1.21 bits per heavy atom. The number of rotatable bonds is 5. The summed E-state index contributed by atoms with van der Waals surface area (Å²) in [7, 11) is 0. The molecule has 4 heteroatoms. The van der Waals surface area contributed by atoms with Crippen LogP contribution in [0.3, 0.4) is 0 Å². The number of carboxylic acids is 1. The minimum atomic E-state index is -0.810. The zero-order valence-corrected chi connectivity index (χ0v) is 11.8. The van der Waals surface area contributed by atoms with Crippen LogP contribution in [0.5, 0.6) is 0 Å². The van der Waals surface area contributed by atoms with Crippen LogP contribution in [0.25, 0.3) is 0 Å². The molecule has 2 aliphatic carbocycles. The minimum absolute atomic E-state index is 0.0725. The van der Waals surface area contributed by atoms with Gasteiger partial charge in [-0.25, -0.2) is 0 Å². The lowest BCUT2D eigenvalue weighted by Gasteiger charge is -2.42. The third-order valence-electron chi connectivity index (χ3n) is 4.98. The third kappa shape index (κ3) is 3.48. The van der Waals surface area contributed by atoms with Crippen molar-refractivity contribution in [2.24, 2.45) is 11.8 Å². The molecule has 2 N–H and O–H groups in total. The van der Waals surface area contributed by atoms with Crippen LogP contribution in [-0.2, 0) is 9.59 Å². The number of carbonyl (C=O) groups is 2. The summed E-state index contributed by atoms with van der Waals surface area (Å²) >= 11 is 0. The van der Waals surface area contributed by atoms with Gasteiger partial charge in [-0.3, -0.25) is 9.59 Å². The second-order valence-corrected chi connectivity index (χ2v) is 6.32. The predicted molar refractivity (Wildman–Crippen MR) is 72.7 cm³/mol. The molecule has 0 saturated heterocycles. The van der Waals surface area contributed by atoms with Gasteiger partial charge in [-0.1, -0.05) is 13.3 Å². The van der Waals surface area contributed by atoms with Crippen molar-refractivity contribution in [3.63, 3.8) is 0 Å². The van der Waals surface area contributed by atoms with Crippen molar-refractivity contribution in [2.75, 3.05) is 0 Å². The molecule has 2 fully saturated rings. The van der Waals surface area contributed by atoms with E-state index < -0.39 is 11.5 Å². The lowest BCUT2D eigenvalue weighted by Crippen LogP contribution is -2.56. The zero-order chi connectivity index (χ0) is 13.9. The molecule has 0 aromatic carbocycles. The number of hydrogen-bond donors (Lipinski definition) is 2. The normalized spacial score (nSPS) is 29.3. The Hall–Kier alpha value is -1.06. The molecule has 0 aromatic rings. The summed E-state index contributed by atoms with van der Waals surface area (Å²) in [6.07, 6.45) is 8.14.